The number of para-hydroxylation sites is 1. The Kier molecular flexibility index (Phi) is 7.09. The highest BCUT2D eigenvalue weighted by molar-refractivity contribution is 6.33. The second-order valence-corrected chi connectivity index (χ2v) is 4.51. The molecule has 102 valence electrons. The van der Waals surface area contributed by atoms with E-state index in [1.165, 1.54) is 5.56 Å². The highest BCUT2D eigenvalue weighted by atomic mass is 35.5. The van der Waals surface area contributed by atoms with Gasteiger partial charge in [0.1, 0.15) is 0 Å². The lowest BCUT2D eigenvalue weighted by molar-refractivity contribution is 0.205. The standard InChI is InChI=1S/C14H23ClN2O/c1-4-16-11-12-7-6-8-13(15)14(12)17(5-2)9-10-18-3/h6-8,16H,4-5,9-11H2,1-3H3. The van der Waals surface area contributed by atoms with Crippen LogP contribution in [0.25, 0.3) is 0 Å². The molecule has 1 N–H and O–H groups in total. The number of ether oxygens (including phenoxy) is 1. The fourth-order valence-electron chi connectivity index (χ4n) is 1.95. The fourth-order valence-corrected chi connectivity index (χ4v) is 2.26. The first kappa shape index (κ1) is 15.3. The maximum Gasteiger partial charge on any atom is 0.0642 e. The first-order valence-corrected chi connectivity index (χ1v) is 6.84. The van der Waals surface area contributed by atoms with Gasteiger partial charge in [0.15, 0.2) is 0 Å². The van der Waals surface area contributed by atoms with Crippen molar-refractivity contribution in [1.29, 1.82) is 0 Å². The molecule has 0 saturated carbocycles. The number of hydrogen-bond acceptors (Lipinski definition) is 3. The lowest BCUT2D eigenvalue weighted by Gasteiger charge is -2.26. The molecule has 0 spiro atoms. The summed E-state index contributed by atoms with van der Waals surface area (Å²) in [5.41, 5.74) is 2.36. The summed E-state index contributed by atoms with van der Waals surface area (Å²) in [6.07, 6.45) is 0. The number of nitrogens with zero attached hydrogens (tertiary/aromatic N) is 1. The van der Waals surface area contributed by atoms with E-state index in [-0.39, 0.29) is 0 Å². The quantitative estimate of drug-likeness (QED) is 0.786. The van der Waals surface area contributed by atoms with E-state index in [2.05, 4.69) is 30.1 Å². The average Bonchev–Trinajstić information content (AvgIpc) is 2.39. The van der Waals surface area contributed by atoms with Crippen LogP contribution in [0.5, 0.6) is 0 Å². The zero-order chi connectivity index (χ0) is 13.4. The predicted molar refractivity (Wildman–Crippen MR) is 78.6 cm³/mol. The van der Waals surface area contributed by atoms with Crippen molar-refractivity contribution in [3.63, 3.8) is 0 Å². The summed E-state index contributed by atoms with van der Waals surface area (Å²) in [4.78, 5) is 2.26. The third kappa shape index (κ3) is 4.16. The lowest BCUT2D eigenvalue weighted by atomic mass is 10.1. The Bertz CT molecular complexity index is 358. The Labute approximate surface area is 115 Å². The van der Waals surface area contributed by atoms with Crippen molar-refractivity contribution < 1.29 is 4.74 Å². The average molecular weight is 271 g/mol. The van der Waals surface area contributed by atoms with Gasteiger partial charge in [-0.2, -0.15) is 0 Å². The monoisotopic (exact) mass is 270 g/mol. The molecule has 0 fully saturated rings. The van der Waals surface area contributed by atoms with Gasteiger partial charge in [-0.25, -0.2) is 0 Å². The van der Waals surface area contributed by atoms with E-state index < -0.39 is 0 Å². The van der Waals surface area contributed by atoms with E-state index >= 15 is 0 Å². The lowest BCUT2D eigenvalue weighted by Crippen LogP contribution is -2.29. The fraction of sp³-hybridized carbons (Fsp3) is 0.571. The van der Waals surface area contributed by atoms with E-state index in [0.717, 1.165) is 36.9 Å². The SMILES string of the molecule is CCNCc1cccc(Cl)c1N(CC)CCOC. The first-order chi connectivity index (χ1) is 8.74. The molecule has 1 aromatic carbocycles. The summed E-state index contributed by atoms with van der Waals surface area (Å²) < 4.78 is 5.16. The van der Waals surface area contributed by atoms with Crippen LogP contribution < -0.4 is 10.2 Å². The largest absolute Gasteiger partial charge is 0.383 e. The number of methoxy groups -OCH3 is 1. The zero-order valence-electron chi connectivity index (χ0n) is 11.5. The molecule has 0 aliphatic rings. The molecule has 0 amide bonds. The minimum absolute atomic E-state index is 0.708. The number of hydrogen-bond donors (Lipinski definition) is 1. The third-order valence-electron chi connectivity index (χ3n) is 2.90. The second kappa shape index (κ2) is 8.35. The Hall–Kier alpha value is -0.770. The molecule has 3 nitrogen and oxygen atoms in total. The maximum atomic E-state index is 6.35. The minimum Gasteiger partial charge on any atom is -0.383 e. The van der Waals surface area contributed by atoms with Crippen LogP contribution in [0, 0.1) is 0 Å². The minimum atomic E-state index is 0.708. The first-order valence-electron chi connectivity index (χ1n) is 6.46. The Morgan fingerprint density at radius 3 is 2.72 bits per heavy atom. The molecule has 0 saturated heterocycles. The number of benzene rings is 1. The van der Waals surface area contributed by atoms with Crippen molar-refractivity contribution in [2.45, 2.75) is 20.4 Å². The molecule has 0 unspecified atom stereocenters. The van der Waals surface area contributed by atoms with E-state index in [1.807, 2.05) is 12.1 Å². The van der Waals surface area contributed by atoms with Gasteiger partial charge in [-0.05, 0) is 25.1 Å². The summed E-state index contributed by atoms with van der Waals surface area (Å²) >= 11 is 6.35. The zero-order valence-corrected chi connectivity index (χ0v) is 12.3. The van der Waals surface area contributed by atoms with Crippen molar-refractivity contribution >= 4 is 17.3 Å². The van der Waals surface area contributed by atoms with Gasteiger partial charge in [-0.15, -0.1) is 0 Å². The van der Waals surface area contributed by atoms with Crippen LogP contribution in [-0.4, -0.2) is 33.4 Å². The molecule has 0 radical (unpaired) electrons. The van der Waals surface area contributed by atoms with Crippen molar-refractivity contribution in [3.05, 3.63) is 28.8 Å². The van der Waals surface area contributed by atoms with Gasteiger partial charge in [0, 0.05) is 26.7 Å². The molecular formula is C14H23ClN2O. The molecular weight excluding hydrogens is 248 g/mol. The molecule has 1 aromatic rings. The van der Waals surface area contributed by atoms with Crippen molar-refractivity contribution in [2.75, 3.05) is 38.3 Å². The second-order valence-electron chi connectivity index (χ2n) is 4.10. The molecule has 4 heteroatoms. The molecule has 0 bridgehead atoms. The van der Waals surface area contributed by atoms with Crippen LogP contribution in [0.2, 0.25) is 5.02 Å². The number of anilines is 1. The summed E-state index contributed by atoms with van der Waals surface area (Å²) in [5, 5.41) is 4.16. The Morgan fingerprint density at radius 2 is 2.11 bits per heavy atom. The number of nitrogens with one attached hydrogen (secondary N) is 1. The van der Waals surface area contributed by atoms with Crippen molar-refractivity contribution in [1.82, 2.24) is 5.32 Å². The van der Waals surface area contributed by atoms with Crippen LogP contribution in [0.15, 0.2) is 18.2 Å². The van der Waals surface area contributed by atoms with Crippen LogP contribution in [0.4, 0.5) is 5.69 Å². The van der Waals surface area contributed by atoms with Gasteiger partial charge in [-0.3, -0.25) is 0 Å². The van der Waals surface area contributed by atoms with E-state index in [1.54, 1.807) is 7.11 Å². The van der Waals surface area contributed by atoms with E-state index in [4.69, 9.17) is 16.3 Å². The normalized spacial score (nSPS) is 10.7. The van der Waals surface area contributed by atoms with E-state index in [9.17, 15) is 0 Å². The molecule has 0 aromatic heterocycles. The number of rotatable bonds is 8. The highest BCUT2D eigenvalue weighted by Crippen LogP contribution is 2.29. The smallest absolute Gasteiger partial charge is 0.0642 e. The summed E-state index contributed by atoms with van der Waals surface area (Å²) in [7, 11) is 1.72. The van der Waals surface area contributed by atoms with Crippen LogP contribution in [0.1, 0.15) is 19.4 Å². The maximum absolute atomic E-state index is 6.35. The molecule has 0 aliphatic heterocycles. The van der Waals surface area contributed by atoms with E-state index in [0.29, 0.717) is 6.61 Å². The summed E-state index contributed by atoms with van der Waals surface area (Å²) in [6, 6.07) is 6.07. The topological polar surface area (TPSA) is 24.5 Å². The van der Waals surface area contributed by atoms with Gasteiger partial charge in [0.05, 0.1) is 17.3 Å². The third-order valence-corrected chi connectivity index (χ3v) is 3.20. The summed E-state index contributed by atoms with van der Waals surface area (Å²) in [6.45, 7) is 8.52. The van der Waals surface area contributed by atoms with Crippen LogP contribution in [0.3, 0.4) is 0 Å². The van der Waals surface area contributed by atoms with Crippen LogP contribution in [-0.2, 0) is 11.3 Å². The van der Waals surface area contributed by atoms with Gasteiger partial charge in [0.25, 0.3) is 0 Å². The van der Waals surface area contributed by atoms with Gasteiger partial charge >= 0.3 is 0 Å². The predicted octanol–water partition coefficient (Wildman–Crippen LogP) is 2.92. The molecule has 0 heterocycles. The van der Waals surface area contributed by atoms with Crippen molar-refractivity contribution in [3.8, 4) is 0 Å². The highest BCUT2D eigenvalue weighted by Gasteiger charge is 2.13. The number of halogens is 1. The van der Waals surface area contributed by atoms with Crippen LogP contribution >= 0.6 is 11.6 Å². The molecule has 0 atom stereocenters. The molecule has 1 rings (SSSR count). The Morgan fingerprint density at radius 1 is 1.33 bits per heavy atom. The summed E-state index contributed by atoms with van der Waals surface area (Å²) in [5.74, 6) is 0. The van der Waals surface area contributed by atoms with Gasteiger partial charge in [-0.1, -0.05) is 30.7 Å². The van der Waals surface area contributed by atoms with Crippen molar-refractivity contribution in [2.24, 2.45) is 0 Å². The van der Waals surface area contributed by atoms with Gasteiger partial charge < -0.3 is 15.0 Å². The Balaban J connectivity index is 2.94. The van der Waals surface area contributed by atoms with Gasteiger partial charge in [0.2, 0.25) is 0 Å². The molecule has 0 aliphatic carbocycles. The molecule has 18 heavy (non-hydrogen) atoms. The number of likely N-dealkylation sites (N-methyl/N-ethyl adjacent to an activating group) is 1.